The number of hydrogen-bond acceptors (Lipinski definition) is 3. The van der Waals surface area contributed by atoms with E-state index in [0.29, 0.717) is 5.95 Å². The fourth-order valence-corrected chi connectivity index (χ4v) is 10.5. The predicted octanol–water partition coefficient (Wildman–Crippen LogP) is 14.2. The minimum Gasteiger partial charge on any atom is -0.309 e. The van der Waals surface area contributed by atoms with Crippen molar-refractivity contribution in [2.24, 2.45) is 0 Å². The molecule has 13 aromatic rings. The van der Waals surface area contributed by atoms with Gasteiger partial charge < -0.3 is 4.57 Å². The molecule has 264 valence electrons. The van der Waals surface area contributed by atoms with Gasteiger partial charge in [0, 0.05) is 63.7 Å². The zero-order chi connectivity index (χ0) is 37.2. The number of thiophene rings is 1. The van der Waals surface area contributed by atoms with E-state index in [1.807, 2.05) is 11.3 Å². The molecule has 0 radical (unpaired) electrons. The van der Waals surface area contributed by atoms with Gasteiger partial charge in [0.25, 0.3) is 0 Å². The summed E-state index contributed by atoms with van der Waals surface area (Å²) in [6, 6.07) is 65.9. The van der Waals surface area contributed by atoms with Gasteiger partial charge in [0.15, 0.2) is 0 Å². The van der Waals surface area contributed by atoms with Gasteiger partial charge in [0.2, 0.25) is 5.95 Å². The number of aromatic nitrogens is 4. The van der Waals surface area contributed by atoms with Crippen LogP contribution in [0.3, 0.4) is 0 Å². The van der Waals surface area contributed by atoms with E-state index in [-0.39, 0.29) is 0 Å². The molecule has 9 aromatic carbocycles. The lowest BCUT2D eigenvalue weighted by Crippen LogP contribution is -2.04. The van der Waals surface area contributed by atoms with Crippen LogP contribution < -0.4 is 0 Å². The van der Waals surface area contributed by atoms with Crippen LogP contribution in [0.5, 0.6) is 0 Å². The average Bonchev–Trinajstić information content (AvgIpc) is 3.93. The first-order valence-electron chi connectivity index (χ1n) is 19.3. The second-order valence-electron chi connectivity index (χ2n) is 15.0. The van der Waals surface area contributed by atoms with Crippen molar-refractivity contribution in [3.05, 3.63) is 182 Å². The molecule has 4 nitrogen and oxygen atoms in total. The summed E-state index contributed by atoms with van der Waals surface area (Å²) in [7, 11) is 0. The quantitative estimate of drug-likeness (QED) is 0.169. The van der Waals surface area contributed by atoms with Crippen LogP contribution in [0, 0.1) is 0 Å². The molecule has 0 N–H and O–H groups in total. The predicted molar refractivity (Wildman–Crippen MR) is 242 cm³/mol. The molecule has 4 aromatic heterocycles. The van der Waals surface area contributed by atoms with Gasteiger partial charge in [-0.05, 0) is 82.9 Å². The molecule has 5 heteroatoms. The molecule has 13 rings (SSSR count). The van der Waals surface area contributed by atoms with Crippen molar-refractivity contribution in [2.75, 3.05) is 0 Å². The lowest BCUT2D eigenvalue weighted by Gasteiger charge is -2.14. The Balaban J connectivity index is 1.14. The van der Waals surface area contributed by atoms with E-state index in [4.69, 9.17) is 9.97 Å². The largest absolute Gasteiger partial charge is 0.309 e. The molecule has 0 atom stereocenters. The van der Waals surface area contributed by atoms with E-state index in [1.165, 1.54) is 58.0 Å². The van der Waals surface area contributed by atoms with E-state index < -0.39 is 0 Å². The normalized spacial score (nSPS) is 12.2. The molecule has 0 unspecified atom stereocenters. The van der Waals surface area contributed by atoms with Crippen molar-refractivity contribution in [1.82, 2.24) is 19.1 Å². The molecule has 0 amide bonds. The van der Waals surface area contributed by atoms with Gasteiger partial charge in [-0.1, -0.05) is 115 Å². The number of nitrogens with zero attached hydrogens (tertiary/aromatic N) is 4. The second-order valence-corrected chi connectivity index (χ2v) is 16.0. The molecule has 0 spiro atoms. The Labute approximate surface area is 330 Å². The first-order valence-corrected chi connectivity index (χ1v) is 20.1. The molecular weight excluding hydrogens is 713 g/mol. The van der Waals surface area contributed by atoms with Gasteiger partial charge in [-0.25, -0.2) is 9.97 Å². The maximum Gasteiger partial charge on any atom is 0.235 e. The summed E-state index contributed by atoms with van der Waals surface area (Å²) in [5, 5.41) is 13.1. The van der Waals surface area contributed by atoms with Crippen molar-refractivity contribution in [3.8, 4) is 22.9 Å². The second kappa shape index (κ2) is 11.6. The van der Waals surface area contributed by atoms with Crippen molar-refractivity contribution < 1.29 is 0 Å². The van der Waals surface area contributed by atoms with Crippen molar-refractivity contribution >= 4 is 108 Å². The number of rotatable bonds is 3. The number of para-hydroxylation sites is 3. The monoisotopic (exact) mass is 742 g/mol. The third kappa shape index (κ3) is 4.37. The summed E-state index contributed by atoms with van der Waals surface area (Å²) >= 11 is 1.86. The molecule has 0 aliphatic rings. The highest BCUT2D eigenvalue weighted by atomic mass is 32.1. The molecule has 0 aliphatic heterocycles. The topological polar surface area (TPSA) is 35.6 Å². The summed E-state index contributed by atoms with van der Waals surface area (Å²) in [6.45, 7) is 0. The summed E-state index contributed by atoms with van der Waals surface area (Å²) in [4.78, 5) is 11.1. The van der Waals surface area contributed by atoms with Crippen LogP contribution in [0.1, 0.15) is 0 Å². The average molecular weight is 743 g/mol. The third-order valence-corrected chi connectivity index (χ3v) is 13.0. The third-order valence-electron chi connectivity index (χ3n) is 11.9. The van der Waals surface area contributed by atoms with E-state index in [9.17, 15) is 0 Å². The molecule has 0 saturated carbocycles. The highest BCUT2D eigenvalue weighted by Gasteiger charge is 2.21. The van der Waals surface area contributed by atoms with E-state index >= 15 is 0 Å². The van der Waals surface area contributed by atoms with Crippen LogP contribution in [0.15, 0.2) is 182 Å². The van der Waals surface area contributed by atoms with Crippen LogP contribution in [0.25, 0.3) is 119 Å². The van der Waals surface area contributed by atoms with Gasteiger partial charge in [-0.2, -0.15) is 0 Å². The maximum atomic E-state index is 5.60. The summed E-state index contributed by atoms with van der Waals surface area (Å²) in [6.07, 6.45) is 0. The first-order chi connectivity index (χ1) is 28.3. The fourth-order valence-electron chi connectivity index (χ4n) is 9.37. The van der Waals surface area contributed by atoms with Gasteiger partial charge in [-0.3, -0.25) is 4.57 Å². The van der Waals surface area contributed by atoms with Gasteiger partial charge in [0.05, 0.1) is 33.3 Å². The molecule has 4 heterocycles. The zero-order valence-corrected chi connectivity index (χ0v) is 31.3. The minimum atomic E-state index is 0.661. The molecule has 0 saturated heterocycles. The Hall–Kier alpha value is -7.34. The maximum absolute atomic E-state index is 5.60. The van der Waals surface area contributed by atoms with E-state index in [0.717, 1.165) is 55.2 Å². The summed E-state index contributed by atoms with van der Waals surface area (Å²) in [5.41, 5.74) is 8.58. The Morgan fingerprint density at radius 3 is 1.88 bits per heavy atom. The first kappa shape index (κ1) is 30.9. The number of hydrogen-bond donors (Lipinski definition) is 0. The summed E-state index contributed by atoms with van der Waals surface area (Å²) in [5.74, 6) is 0.661. The number of fused-ring (bicyclic) bond motifs is 14. The van der Waals surface area contributed by atoms with Crippen LogP contribution in [-0.2, 0) is 0 Å². The fraction of sp³-hybridized carbons (Fsp3) is 0. The summed E-state index contributed by atoms with van der Waals surface area (Å²) < 4.78 is 7.26. The smallest absolute Gasteiger partial charge is 0.235 e. The SMILES string of the molecule is c1ccc(-n2c3ccccc3c3cc(-c4nc(-n5c6ccccc6c6cc7ccc8sc9ccccc9c8c7cc65)nc5c4ccc4ccccc45)ccc32)cc1. The Morgan fingerprint density at radius 2 is 1.04 bits per heavy atom. The van der Waals surface area contributed by atoms with Gasteiger partial charge in [0.1, 0.15) is 0 Å². The zero-order valence-electron chi connectivity index (χ0n) is 30.5. The highest BCUT2D eigenvalue weighted by Crippen LogP contribution is 2.43. The van der Waals surface area contributed by atoms with Crippen LogP contribution in [-0.4, -0.2) is 19.1 Å². The molecule has 57 heavy (non-hydrogen) atoms. The van der Waals surface area contributed by atoms with Crippen LogP contribution in [0.4, 0.5) is 0 Å². The Bertz CT molecular complexity index is 3810. The Morgan fingerprint density at radius 1 is 0.368 bits per heavy atom. The van der Waals surface area contributed by atoms with Gasteiger partial charge in [-0.15, -0.1) is 11.3 Å². The van der Waals surface area contributed by atoms with E-state index in [2.05, 4.69) is 191 Å². The molecule has 0 bridgehead atoms. The van der Waals surface area contributed by atoms with Crippen molar-refractivity contribution in [3.63, 3.8) is 0 Å². The van der Waals surface area contributed by atoms with Crippen molar-refractivity contribution in [1.29, 1.82) is 0 Å². The number of benzene rings is 9. The molecule has 0 aliphatic carbocycles. The lowest BCUT2D eigenvalue weighted by atomic mass is 10.0. The van der Waals surface area contributed by atoms with Crippen LogP contribution in [0.2, 0.25) is 0 Å². The van der Waals surface area contributed by atoms with E-state index in [1.54, 1.807) is 0 Å². The molecule has 0 fully saturated rings. The van der Waals surface area contributed by atoms with Crippen LogP contribution >= 0.6 is 11.3 Å². The van der Waals surface area contributed by atoms with Crippen molar-refractivity contribution in [2.45, 2.75) is 0 Å². The lowest BCUT2D eigenvalue weighted by molar-refractivity contribution is 1.02. The highest BCUT2D eigenvalue weighted by molar-refractivity contribution is 7.26. The van der Waals surface area contributed by atoms with Gasteiger partial charge >= 0.3 is 0 Å². The molecular formula is C52H30N4S. The minimum absolute atomic E-state index is 0.661. The Kier molecular flexibility index (Phi) is 6.29. The standard InChI is InChI=1S/C52H30N4S/c1-2-13-34(14-3-1)55-43-19-9-6-16-36(43)41-29-33(23-26-45(41)55)50-39-25-22-31-12-4-5-15-35(31)51(39)54-52(53-50)56-44-20-10-7-17-37(44)42-28-32-24-27-48-49(40(32)30-46(42)56)38-18-8-11-21-47(38)57-48/h1-30H.